The Hall–Kier alpha value is -4.22. The molecule has 4 heterocycles. The van der Waals surface area contributed by atoms with Crippen molar-refractivity contribution in [1.82, 2.24) is 24.7 Å². The molecule has 1 amide bonds. The zero-order chi connectivity index (χ0) is 31.6. The highest BCUT2D eigenvalue weighted by Gasteiger charge is 2.39. The summed E-state index contributed by atoms with van der Waals surface area (Å²) in [5.74, 6) is 2.88. The van der Waals surface area contributed by atoms with E-state index in [1.54, 1.807) is 4.90 Å². The minimum Gasteiger partial charge on any atom is -0.457 e. The fourth-order valence-corrected chi connectivity index (χ4v) is 6.26. The van der Waals surface area contributed by atoms with Gasteiger partial charge < -0.3 is 25.4 Å². The molecule has 2 aromatic carbocycles. The maximum Gasteiger partial charge on any atom is 0.410 e. The largest absolute Gasteiger partial charge is 0.457 e. The molecule has 0 saturated carbocycles. The molecule has 6 rings (SSSR count). The molecule has 3 saturated heterocycles. The molecular weight excluding hydrogens is 568 g/mol. The lowest BCUT2D eigenvalue weighted by atomic mass is 9.95. The molecule has 45 heavy (non-hydrogen) atoms. The van der Waals surface area contributed by atoms with E-state index in [1.807, 2.05) is 75.4 Å². The van der Waals surface area contributed by atoms with Crippen LogP contribution >= 0.6 is 0 Å². The van der Waals surface area contributed by atoms with Crippen molar-refractivity contribution in [2.45, 2.75) is 51.3 Å². The van der Waals surface area contributed by atoms with Crippen LogP contribution in [-0.2, 0) is 4.74 Å². The van der Waals surface area contributed by atoms with Crippen LogP contribution in [0.4, 0.5) is 16.4 Å². The predicted octanol–water partition coefficient (Wildman–Crippen LogP) is 4.69. The minimum atomic E-state index is -0.449. The van der Waals surface area contributed by atoms with Gasteiger partial charge in [-0.1, -0.05) is 18.2 Å². The van der Waals surface area contributed by atoms with Crippen LogP contribution in [0.5, 0.6) is 11.5 Å². The van der Waals surface area contributed by atoms with Crippen LogP contribution in [0, 0.1) is 11.3 Å². The lowest BCUT2D eigenvalue weighted by Gasteiger charge is -2.50. The first-order chi connectivity index (χ1) is 21.6. The number of benzene rings is 2. The number of piperidine rings is 1. The van der Waals surface area contributed by atoms with Gasteiger partial charge in [-0.25, -0.2) is 14.8 Å². The summed E-state index contributed by atoms with van der Waals surface area (Å²) >= 11 is 0. The van der Waals surface area contributed by atoms with Gasteiger partial charge in [0.25, 0.3) is 0 Å². The van der Waals surface area contributed by atoms with E-state index in [9.17, 15) is 4.79 Å². The maximum atomic E-state index is 12.2. The molecule has 0 spiro atoms. The van der Waals surface area contributed by atoms with Gasteiger partial charge >= 0.3 is 6.09 Å². The SMILES string of the molecule is CC(C)(C)OC(=O)N1CC(CN2CC(N3CCC(Nc4ncnc(N)c4C(=N)c4ccc(Oc5ccccc5)cc4)CC3)C2)C1. The Bertz CT molecular complexity index is 1470. The molecule has 0 radical (unpaired) electrons. The van der Waals surface area contributed by atoms with Crippen molar-refractivity contribution in [2.24, 2.45) is 5.92 Å². The van der Waals surface area contributed by atoms with Crippen molar-refractivity contribution in [3.05, 3.63) is 72.1 Å². The fourth-order valence-electron chi connectivity index (χ4n) is 6.26. The highest BCUT2D eigenvalue weighted by atomic mass is 16.6. The lowest BCUT2D eigenvalue weighted by Crippen LogP contribution is -2.64. The van der Waals surface area contributed by atoms with E-state index in [4.69, 9.17) is 20.6 Å². The first-order valence-electron chi connectivity index (χ1n) is 15.8. The predicted molar refractivity (Wildman–Crippen MR) is 175 cm³/mol. The maximum absolute atomic E-state index is 12.2. The number of nitrogens with one attached hydrogen (secondary N) is 2. The van der Waals surface area contributed by atoms with E-state index in [1.165, 1.54) is 6.33 Å². The monoisotopic (exact) mass is 612 g/mol. The zero-order valence-electron chi connectivity index (χ0n) is 26.4. The molecule has 3 aliphatic heterocycles. The molecular formula is C34H44N8O3. The summed E-state index contributed by atoms with van der Waals surface area (Å²) in [5.41, 5.74) is 7.35. The van der Waals surface area contributed by atoms with Gasteiger partial charge in [-0.05, 0) is 70.0 Å². The number of anilines is 2. The first kappa shape index (κ1) is 30.8. The van der Waals surface area contributed by atoms with E-state index < -0.39 is 5.60 Å². The lowest BCUT2D eigenvalue weighted by molar-refractivity contribution is -0.0268. The molecule has 4 N–H and O–H groups in total. The normalized spacial score (nSPS) is 18.6. The third-order valence-electron chi connectivity index (χ3n) is 8.70. The second kappa shape index (κ2) is 13.0. The number of carbonyl (C=O) groups is 1. The molecule has 238 valence electrons. The summed E-state index contributed by atoms with van der Waals surface area (Å²) in [7, 11) is 0. The Morgan fingerprint density at radius 3 is 2.31 bits per heavy atom. The number of hydrogen-bond donors (Lipinski definition) is 3. The molecule has 3 fully saturated rings. The van der Waals surface area contributed by atoms with E-state index >= 15 is 0 Å². The Labute approximate surface area is 265 Å². The van der Waals surface area contributed by atoms with E-state index in [-0.39, 0.29) is 23.7 Å². The average Bonchev–Trinajstić information content (AvgIpc) is 2.96. The second-order valence-corrected chi connectivity index (χ2v) is 13.4. The number of ether oxygens (including phenoxy) is 2. The molecule has 11 nitrogen and oxygen atoms in total. The molecule has 11 heteroatoms. The third-order valence-corrected chi connectivity index (χ3v) is 8.70. The van der Waals surface area contributed by atoms with Crippen molar-refractivity contribution in [1.29, 1.82) is 5.41 Å². The number of nitrogen functional groups attached to an aromatic ring is 1. The van der Waals surface area contributed by atoms with Gasteiger partial charge in [0.2, 0.25) is 0 Å². The fraction of sp³-hybridized carbons (Fsp3) is 0.471. The molecule has 1 aromatic heterocycles. The number of amides is 1. The smallest absolute Gasteiger partial charge is 0.410 e. The summed E-state index contributed by atoms with van der Waals surface area (Å²) in [5, 5.41) is 12.5. The summed E-state index contributed by atoms with van der Waals surface area (Å²) in [4.78, 5) is 27.8. The highest BCUT2D eigenvalue weighted by Crippen LogP contribution is 2.29. The van der Waals surface area contributed by atoms with Crippen LogP contribution < -0.4 is 15.8 Å². The number of nitrogens with two attached hydrogens (primary N) is 1. The molecule has 0 atom stereocenters. The molecule has 0 aliphatic carbocycles. The number of likely N-dealkylation sites (tertiary alicyclic amines) is 3. The Balaban J connectivity index is 0.961. The van der Waals surface area contributed by atoms with Crippen LogP contribution in [0.2, 0.25) is 0 Å². The number of nitrogens with zero attached hydrogens (tertiary/aromatic N) is 5. The topological polar surface area (TPSA) is 133 Å². The Morgan fingerprint density at radius 1 is 0.978 bits per heavy atom. The van der Waals surface area contributed by atoms with Gasteiger partial charge in [0.05, 0.1) is 11.3 Å². The summed E-state index contributed by atoms with van der Waals surface area (Å²) < 4.78 is 11.4. The van der Waals surface area contributed by atoms with Crippen LogP contribution in [0.15, 0.2) is 60.9 Å². The summed E-state index contributed by atoms with van der Waals surface area (Å²) in [6.07, 6.45) is 3.24. The quantitative estimate of drug-likeness (QED) is 0.294. The summed E-state index contributed by atoms with van der Waals surface area (Å²) in [6.45, 7) is 12.5. The van der Waals surface area contributed by atoms with Gasteiger partial charge in [0, 0.05) is 69.4 Å². The van der Waals surface area contributed by atoms with E-state index in [2.05, 4.69) is 25.1 Å². The van der Waals surface area contributed by atoms with Crippen LogP contribution in [0.25, 0.3) is 0 Å². The Kier molecular flexibility index (Phi) is 8.91. The van der Waals surface area contributed by atoms with Crippen LogP contribution in [0.1, 0.15) is 44.7 Å². The average molecular weight is 613 g/mol. The molecule has 0 unspecified atom stereocenters. The number of hydrogen-bond acceptors (Lipinski definition) is 10. The van der Waals surface area contributed by atoms with E-state index in [0.29, 0.717) is 34.7 Å². The summed E-state index contributed by atoms with van der Waals surface area (Å²) in [6, 6.07) is 17.9. The standard InChI is InChI=1S/C34H44N8O3/c1-34(2,3)45-33(43)42-18-23(19-42)17-40-20-26(21-40)41-15-13-25(14-16-41)39-32-29(31(36)37-22-38-32)30(35)24-9-11-28(12-10-24)44-27-7-5-4-6-8-27/h4-12,22-23,25-26,35H,13-21H2,1-3H3,(H3,36,37,38,39). The first-order valence-corrected chi connectivity index (χ1v) is 15.8. The number of aromatic nitrogens is 2. The van der Waals surface area contributed by atoms with Gasteiger partial charge in [-0.2, -0.15) is 0 Å². The van der Waals surface area contributed by atoms with Gasteiger partial charge in [0.15, 0.2) is 0 Å². The van der Waals surface area contributed by atoms with Gasteiger partial charge in [-0.3, -0.25) is 15.2 Å². The number of rotatable bonds is 9. The number of para-hydroxylation sites is 1. The highest BCUT2D eigenvalue weighted by molar-refractivity contribution is 6.16. The van der Waals surface area contributed by atoms with Crippen molar-refractivity contribution < 1.29 is 14.3 Å². The van der Waals surface area contributed by atoms with Crippen molar-refractivity contribution >= 4 is 23.4 Å². The van der Waals surface area contributed by atoms with Gasteiger partial charge in [-0.15, -0.1) is 0 Å². The molecule has 3 aromatic rings. The van der Waals surface area contributed by atoms with Crippen LogP contribution in [0.3, 0.4) is 0 Å². The second-order valence-electron chi connectivity index (χ2n) is 13.4. The third kappa shape index (κ3) is 7.54. The minimum absolute atomic E-state index is 0.200. The van der Waals surface area contributed by atoms with Gasteiger partial charge in [0.1, 0.15) is 35.1 Å². The van der Waals surface area contributed by atoms with Crippen molar-refractivity contribution in [3.63, 3.8) is 0 Å². The molecule has 3 aliphatic rings. The van der Waals surface area contributed by atoms with Crippen LogP contribution in [-0.4, -0.2) is 100.0 Å². The Morgan fingerprint density at radius 2 is 1.64 bits per heavy atom. The zero-order valence-corrected chi connectivity index (χ0v) is 26.4. The van der Waals surface area contributed by atoms with E-state index in [0.717, 1.165) is 64.4 Å². The molecule has 0 bridgehead atoms. The van der Waals surface area contributed by atoms with Crippen molar-refractivity contribution in [3.8, 4) is 11.5 Å². The van der Waals surface area contributed by atoms with Crippen molar-refractivity contribution in [2.75, 3.05) is 56.9 Å². The number of carbonyl (C=O) groups excluding carboxylic acids is 1.